The maximum Gasteiger partial charge on any atom is 0.261 e. The highest BCUT2D eigenvalue weighted by Gasteiger charge is 2.35. The van der Waals surface area contributed by atoms with Crippen molar-refractivity contribution in [2.24, 2.45) is 0 Å². The SMILES string of the molecule is COc1ccc(CN2C(=O)c3ccccc3C2=O)cc1C(=O)Nc1ccccc1. The number of imide groups is 1. The highest BCUT2D eigenvalue weighted by molar-refractivity contribution is 6.21. The normalized spacial score (nSPS) is 12.7. The van der Waals surface area contributed by atoms with Gasteiger partial charge < -0.3 is 10.1 Å². The van der Waals surface area contributed by atoms with Crippen molar-refractivity contribution in [1.82, 2.24) is 4.90 Å². The fraction of sp³-hybridized carbons (Fsp3) is 0.0870. The molecule has 0 atom stereocenters. The monoisotopic (exact) mass is 386 g/mol. The Bertz CT molecular complexity index is 1070. The first-order valence-corrected chi connectivity index (χ1v) is 9.07. The van der Waals surface area contributed by atoms with Gasteiger partial charge in [0.25, 0.3) is 17.7 Å². The molecular weight excluding hydrogens is 368 g/mol. The highest BCUT2D eigenvalue weighted by Crippen LogP contribution is 2.27. The summed E-state index contributed by atoms with van der Waals surface area (Å²) in [5.41, 5.74) is 2.43. The van der Waals surface area contributed by atoms with Crippen molar-refractivity contribution in [2.75, 3.05) is 12.4 Å². The first kappa shape index (κ1) is 18.4. The van der Waals surface area contributed by atoms with Crippen molar-refractivity contribution in [2.45, 2.75) is 6.54 Å². The van der Waals surface area contributed by atoms with Crippen molar-refractivity contribution in [3.63, 3.8) is 0 Å². The molecule has 29 heavy (non-hydrogen) atoms. The summed E-state index contributed by atoms with van der Waals surface area (Å²) in [6.45, 7) is 0.0714. The minimum absolute atomic E-state index is 0.0714. The summed E-state index contributed by atoms with van der Waals surface area (Å²) in [5, 5.41) is 2.82. The molecule has 0 saturated carbocycles. The number of nitrogens with zero attached hydrogens (tertiary/aromatic N) is 1. The Morgan fingerprint density at radius 2 is 1.52 bits per heavy atom. The van der Waals surface area contributed by atoms with Crippen molar-refractivity contribution >= 4 is 23.4 Å². The molecule has 0 spiro atoms. The number of carbonyl (C=O) groups is 3. The van der Waals surface area contributed by atoms with Gasteiger partial charge in [-0.25, -0.2) is 0 Å². The van der Waals surface area contributed by atoms with Crippen LogP contribution in [0.1, 0.15) is 36.6 Å². The van der Waals surface area contributed by atoms with Gasteiger partial charge in [0.1, 0.15) is 5.75 Å². The summed E-state index contributed by atoms with van der Waals surface area (Å²) in [7, 11) is 1.48. The Kier molecular flexibility index (Phi) is 4.83. The van der Waals surface area contributed by atoms with E-state index in [2.05, 4.69) is 5.32 Å². The molecular formula is C23H18N2O4. The van der Waals surface area contributed by atoms with Crippen LogP contribution in [0, 0.1) is 0 Å². The minimum atomic E-state index is -0.336. The lowest BCUT2D eigenvalue weighted by Crippen LogP contribution is -2.29. The molecule has 1 heterocycles. The van der Waals surface area contributed by atoms with Gasteiger partial charge in [-0.15, -0.1) is 0 Å². The molecule has 3 aromatic carbocycles. The summed E-state index contributed by atoms with van der Waals surface area (Å²) in [6, 6.07) is 20.9. The molecule has 0 unspecified atom stereocenters. The lowest BCUT2D eigenvalue weighted by molar-refractivity contribution is 0.0642. The van der Waals surface area contributed by atoms with E-state index in [1.54, 1.807) is 54.6 Å². The van der Waals surface area contributed by atoms with Crippen LogP contribution in [-0.2, 0) is 6.54 Å². The summed E-state index contributed by atoms with van der Waals surface area (Å²) < 4.78 is 5.31. The van der Waals surface area contributed by atoms with Gasteiger partial charge in [0.15, 0.2) is 0 Å². The Balaban J connectivity index is 1.60. The number of hydrogen-bond donors (Lipinski definition) is 1. The first-order chi connectivity index (χ1) is 14.1. The average molecular weight is 386 g/mol. The predicted molar refractivity (Wildman–Crippen MR) is 108 cm³/mol. The average Bonchev–Trinajstić information content (AvgIpc) is 2.99. The number of methoxy groups -OCH3 is 1. The van der Waals surface area contributed by atoms with Crippen LogP contribution in [0.2, 0.25) is 0 Å². The molecule has 0 fully saturated rings. The number of para-hydroxylation sites is 1. The number of benzene rings is 3. The van der Waals surface area contributed by atoms with E-state index >= 15 is 0 Å². The standard InChI is InChI=1S/C23H18N2O4/c1-29-20-12-11-15(13-19(20)21(26)24-16-7-3-2-4-8-16)14-25-22(27)17-9-5-6-10-18(17)23(25)28/h2-13H,14H2,1H3,(H,24,26). The van der Waals surface area contributed by atoms with E-state index in [0.29, 0.717) is 33.7 Å². The van der Waals surface area contributed by atoms with Crippen molar-refractivity contribution in [3.8, 4) is 5.75 Å². The molecule has 0 aromatic heterocycles. The maximum absolute atomic E-state index is 12.8. The smallest absolute Gasteiger partial charge is 0.261 e. The van der Waals surface area contributed by atoms with Crippen molar-refractivity contribution in [1.29, 1.82) is 0 Å². The second-order valence-corrected chi connectivity index (χ2v) is 6.60. The van der Waals surface area contributed by atoms with E-state index < -0.39 is 0 Å². The molecule has 0 radical (unpaired) electrons. The van der Waals surface area contributed by atoms with Crippen LogP contribution in [0.15, 0.2) is 72.8 Å². The number of fused-ring (bicyclic) bond motifs is 1. The zero-order valence-corrected chi connectivity index (χ0v) is 15.7. The molecule has 1 aliphatic heterocycles. The van der Waals surface area contributed by atoms with Gasteiger partial charge in [0.2, 0.25) is 0 Å². The van der Waals surface area contributed by atoms with Crippen LogP contribution in [0.3, 0.4) is 0 Å². The number of rotatable bonds is 5. The van der Waals surface area contributed by atoms with Gasteiger partial charge in [0.05, 0.1) is 30.3 Å². The van der Waals surface area contributed by atoms with E-state index in [0.717, 1.165) is 0 Å². The lowest BCUT2D eigenvalue weighted by atomic mass is 10.1. The molecule has 3 amide bonds. The minimum Gasteiger partial charge on any atom is -0.496 e. The van der Waals surface area contributed by atoms with E-state index in [1.165, 1.54) is 12.0 Å². The molecule has 0 saturated heterocycles. The molecule has 6 heteroatoms. The number of carbonyl (C=O) groups excluding carboxylic acids is 3. The maximum atomic E-state index is 12.8. The van der Waals surface area contributed by atoms with E-state index in [-0.39, 0.29) is 24.3 Å². The molecule has 0 aliphatic carbocycles. The zero-order valence-electron chi connectivity index (χ0n) is 15.7. The summed E-state index contributed by atoms with van der Waals surface area (Å²) in [6.07, 6.45) is 0. The summed E-state index contributed by atoms with van der Waals surface area (Å²) in [4.78, 5) is 39.1. The van der Waals surface area contributed by atoms with Gasteiger partial charge in [-0.1, -0.05) is 36.4 Å². The molecule has 0 bridgehead atoms. The molecule has 4 rings (SSSR count). The molecule has 1 aliphatic rings. The van der Waals surface area contributed by atoms with E-state index in [4.69, 9.17) is 4.74 Å². The van der Waals surface area contributed by atoms with Crippen LogP contribution >= 0.6 is 0 Å². The fourth-order valence-electron chi connectivity index (χ4n) is 3.32. The molecule has 144 valence electrons. The highest BCUT2D eigenvalue weighted by atomic mass is 16.5. The number of hydrogen-bond acceptors (Lipinski definition) is 4. The van der Waals surface area contributed by atoms with Gasteiger partial charge in [0, 0.05) is 5.69 Å². The summed E-state index contributed by atoms with van der Waals surface area (Å²) in [5.74, 6) is -0.602. The number of amides is 3. The molecule has 3 aromatic rings. The number of anilines is 1. The quantitative estimate of drug-likeness (QED) is 0.678. The second-order valence-electron chi connectivity index (χ2n) is 6.60. The lowest BCUT2D eigenvalue weighted by Gasteiger charge is -2.16. The van der Waals surface area contributed by atoms with Crippen LogP contribution in [-0.4, -0.2) is 29.7 Å². The van der Waals surface area contributed by atoms with Gasteiger partial charge in [-0.05, 0) is 42.0 Å². The third-order valence-electron chi connectivity index (χ3n) is 4.76. The van der Waals surface area contributed by atoms with Crippen LogP contribution in [0.25, 0.3) is 0 Å². The second kappa shape index (κ2) is 7.59. The molecule has 1 N–H and O–H groups in total. The predicted octanol–water partition coefficient (Wildman–Crippen LogP) is 3.74. The topological polar surface area (TPSA) is 75.7 Å². The Hall–Kier alpha value is -3.93. The van der Waals surface area contributed by atoms with Gasteiger partial charge >= 0.3 is 0 Å². The first-order valence-electron chi connectivity index (χ1n) is 9.07. The third-order valence-corrected chi connectivity index (χ3v) is 4.76. The van der Waals surface area contributed by atoms with Gasteiger partial charge in [-0.3, -0.25) is 19.3 Å². The van der Waals surface area contributed by atoms with Gasteiger partial charge in [-0.2, -0.15) is 0 Å². The van der Waals surface area contributed by atoms with Crippen LogP contribution in [0.5, 0.6) is 5.75 Å². The van der Waals surface area contributed by atoms with Crippen molar-refractivity contribution in [3.05, 3.63) is 95.1 Å². The Labute approximate surface area is 167 Å². The third kappa shape index (κ3) is 3.48. The number of nitrogens with one attached hydrogen (secondary N) is 1. The largest absolute Gasteiger partial charge is 0.496 e. The zero-order chi connectivity index (χ0) is 20.4. The van der Waals surface area contributed by atoms with E-state index in [9.17, 15) is 14.4 Å². The Morgan fingerprint density at radius 1 is 0.897 bits per heavy atom. The van der Waals surface area contributed by atoms with Crippen molar-refractivity contribution < 1.29 is 19.1 Å². The summed E-state index contributed by atoms with van der Waals surface area (Å²) >= 11 is 0. The number of ether oxygens (including phenoxy) is 1. The molecule has 6 nitrogen and oxygen atoms in total. The van der Waals surface area contributed by atoms with Crippen LogP contribution in [0.4, 0.5) is 5.69 Å². The Morgan fingerprint density at radius 3 is 2.14 bits per heavy atom. The van der Waals surface area contributed by atoms with E-state index in [1.807, 2.05) is 18.2 Å². The van der Waals surface area contributed by atoms with Crippen LogP contribution < -0.4 is 10.1 Å². The fourth-order valence-corrected chi connectivity index (χ4v) is 3.32.